The highest BCUT2D eigenvalue weighted by atomic mass is 16.6. The molecular formula is C25H34N4O4. The number of rotatable bonds is 2. The number of nitrogens with one attached hydrogen (secondary N) is 2. The maximum atomic E-state index is 13.0. The molecule has 1 aliphatic heterocycles. The van der Waals surface area contributed by atoms with E-state index in [0.717, 1.165) is 11.1 Å². The fourth-order valence-corrected chi connectivity index (χ4v) is 5.26. The number of aromatic amines is 1. The van der Waals surface area contributed by atoms with Crippen molar-refractivity contribution < 1.29 is 19.1 Å². The molecule has 8 heteroatoms. The summed E-state index contributed by atoms with van der Waals surface area (Å²) in [6.07, 6.45) is 0.996. The minimum absolute atomic E-state index is 0.0778. The first-order valence-corrected chi connectivity index (χ1v) is 11.5. The van der Waals surface area contributed by atoms with Gasteiger partial charge in [0.2, 0.25) is 0 Å². The molecule has 2 aromatic heterocycles. The van der Waals surface area contributed by atoms with Gasteiger partial charge in [-0.05, 0) is 51.2 Å². The Bertz CT molecular complexity index is 1140. The van der Waals surface area contributed by atoms with Gasteiger partial charge < -0.3 is 19.9 Å². The molecule has 0 radical (unpaired) electrons. The zero-order valence-corrected chi connectivity index (χ0v) is 20.6. The van der Waals surface area contributed by atoms with E-state index in [0.29, 0.717) is 42.8 Å². The van der Waals surface area contributed by atoms with Crippen LogP contribution in [-0.2, 0) is 10.2 Å². The molecule has 1 aliphatic carbocycles. The first-order chi connectivity index (χ1) is 15.2. The Labute approximate surface area is 194 Å². The number of likely N-dealkylation sites (tertiary alicyclic amines) is 1. The summed E-state index contributed by atoms with van der Waals surface area (Å²) in [5.41, 5.74) is 1.94. The third-order valence-electron chi connectivity index (χ3n) is 6.45. The largest absolute Gasteiger partial charge is 0.444 e. The van der Waals surface area contributed by atoms with E-state index in [-0.39, 0.29) is 29.2 Å². The molecule has 1 fully saturated rings. The van der Waals surface area contributed by atoms with Gasteiger partial charge in [0.15, 0.2) is 5.78 Å². The molecule has 33 heavy (non-hydrogen) atoms. The predicted molar refractivity (Wildman–Crippen MR) is 126 cm³/mol. The number of H-pyrrole nitrogens is 1. The number of ketones is 1. The Morgan fingerprint density at radius 2 is 1.88 bits per heavy atom. The summed E-state index contributed by atoms with van der Waals surface area (Å²) in [6.45, 7) is 14.6. The lowest BCUT2D eigenvalue weighted by atomic mass is 9.63. The van der Waals surface area contributed by atoms with Crippen molar-refractivity contribution in [1.82, 2.24) is 20.2 Å². The number of hydrogen-bond donors (Lipinski definition) is 2. The highest BCUT2D eigenvalue weighted by Crippen LogP contribution is 2.47. The zero-order chi connectivity index (χ0) is 24.3. The lowest BCUT2D eigenvalue weighted by Crippen LogP contribution is -2.40. The highest BCUT2D eigenvalue weighted by molar-refractivity contribution is 6.07. The molecule has 2 amide bonds. The summed E-state index contributed by atoms with van der Waals surface area (Å²) in [6, 6.07) is 3.32. The van der Waals surface area contributed by atoms with E-state index in [1.807, 2.05) is 40.7 Å². The molecule has 2 aliphatic rings. The number of hydrogen-bond acceptors (Lipinski definition) is 5. The van der Waals surface area contributed by atoms with E-state index in [2.05, 4.69) is 29.1 Å². The Balaban J connectivity index is 1.54. The summed E-state index contributed by atoms with van der Waals surface area (Å²) in [5, 5.41) is 2.99. The van der Waals surface area contributed by atoms with Crippen molar-refractivity contribution in [2.75, 3.05) is 13.1 Å². The van der Waals surface area contributed by atoms with E-state index >= 15 is 0 Å². The molecule has 2 aromatic rings. The van der Waals surface area contributed by atoms with E-state index in [1.165, 1.54) is 0 Å². The van der Waals surface area contributed by atoms with Crippen molar-refractivity contribution in [3.05, 3.63) is 29.1 Å². The van der Waals surface area contributed by atoms with E-state index < -0.39 is 11.0 Å². The molecule has 3 heterocycles. The van der Waals surface area contributed by atoms with Crippen LogP contribution >= 0.6 is 0 Å². The van der Waals surface area contributed by atoms with E-state index in [1.54, 1.807) is 11.0 Å². The lowest BCUT2D eigenvalue weighted by molar-refractivity contribution is 0.0290. The first kappa shape index (κ1) is 23.3. The molecule has 0 bridgehead atoms. The number of pyridine rings is 1. The third kappa shape index (κ3) is 4.35. The number of aromatic nitrogens is 2. The average Bonchev–Trinajstić information content (AvgIpc) is 3.28. The van der Waals surface area contributed by atoms with Gasteiger partial charge in [-0.25, -0.2) is 9.78 Å². The monoisotopic (exact) mass is 454 g/mol. The quantitative estimate of drug-likeness (QED) is 0.708. The number of amides is 2. The summed E-state index contributed by atoms with van der Waals surface area (Å²) in [7, 11) is 0. The Kier molecular flexibility index (Phi) is 5.34. The molecule has 1 unspecified atom stereocenters. The van der Waals surface area contributed by atoms with Crippen molar-refractivity contribution in [2.45, 2.75) is 78.4 Å². The average molecular weight is 455 g/mol. The molecule has 8 nitrogen and oxygen atoms in total. The SMILES string of the molecule is CC(C)(C)OC(=O)N1CCC(NC(=O)c2ccc3[nH]c4c(c3n2)C(C)(C)CC(C)(C)C4=O)C1. The van der Waals surface area contributed by atoms with E-state index in [9.17, 15) is 14.4 Å². The van der Waals surface area contributed by atoms with Crippen LogP contribution in [0.5, 0.6) is 0 Å². The van der Waals surface area contributed by atoms with Gasteiger partial charge >= 0.3 is 6.09 Å². The van der Waals surface area contributed by atoms with Crippen LogP contribution in [0.4, 0.5) is 4.79 Å². The van der Waals surface area contributed by atoms with Crippen molar-refractivity contribution in [3.63, 3.8) is 0 Å². The van der Waals surface area contributed by atoms with Crippen LogP contribution < -0.4 is 5.32 Å². The number of nitrogens with zero attached hydrogens (tertiary/aromatic N) is 2. The molecule has 0 spiro atoms. The Morgan fingerprint density at radius 1 is 1.18 bits per heavy atom. The van der Waals surface area contributed by atoms with Crippen LogP contribution in [0.25, 0.3) is 11.0 Å². The second-order valence-electron chi connectivity index (χ2n) is 11.6. The lowest BCUT2D eigenvalue weighted by Gasteiger charge is -2.39. The maximum Gasteiger partial charge on any atom is 0.410 e. The zero-order valence-electron chi connectivity index (χ0n) is 20.6. The van der Waals surface area contributed by atoms with Gasteiger partial charge in [0.05, 0.1) is 16.7 Å². The predicted octanol–water partition coefficient (Wildman–Crippen LogP) is 4.19. The molecule has 4 rings (SSSR count). The maximum absolute atomic E-state index is 13.0. The Hall–Kier alpha value is -2.90. The number of carbonyl (C=O) groups is 3. The number of ether oxygens (including phenoxy) is 1. The second-order valence-corrected chi connectivity index (χ2v) is 11.6. The van der Waals surface area contributed by atoms with Gasteiger partial charge in [-0.3, -0.25) is 9.59 Å². The third-order valence-corrected chi connectivity index (χ3v) is 6.45. The van der Waals surface area contributed by atoms with Gasteiger partial charge in [-0.1, -0.05) is 27.7 Å². The summed E-state index contributed by atoms with van der Waals surface area (Å²) < 4.78 is 5.43. The van der Waals surface area contributed by atoms with Crippen LogP contribution in [0.2, 0.25) is 0 Å². The second kappa shape index (κ2) is 7.57. The highest BCUT2D eigenvalue weighted by Gasteiger charge is 2.46. The topological polar surface area (TPSA) is 104 Å². The summed E-state index contributed by atoms with van der Waals surface area (Å²) in [4.78, 5) is 47.9. The van der Waals surface area contributed by atoms with Crippen LogP contribution in [0.3, 0.4) is 0 Å². The van der Waals surface area contributed by atoms with E-state index in [4.69, 9.17) is 4.74 Å². The fourth-order valence-electron chi connectivity index (χ4n) is 5.26. The molecule has 0 aromatic carbocycles. The van der Waals surface area contributed by atoms with Crippen LogP contribution in [-0.4, -0.2) is 57.4 Å². The summed E-state index contributed by atoms with van der Waals surface area (Å²) >= 11 is 0. The minimum Gasteiger partial charge on any atom is -0.444 e. The molecular weight excluding hydrogens is 420 g/mol. The molecule has 1 atom stereocenters. The van der Waals surface area contributed by atoms with Crippen molar-refractivity contribution in [1.29, 1.82) is 0 Å². The molecule has 1 saturated heterocycles. The van der Waals surface area contributed by atoms with Crippen LogP contribution in [0.1, 0.15) is 87.8 Å². The molecule has 178 valence electrons. The van der Waals surface area contributed by atoms with Crippen molar-refractivity contribution in [2.24, 2.45) is 5.41 Å². The van der Waals surface area contributed by atoms with Gasteiger partial charge in [0, 0.05) is 30.1 Å². The normalized spacial score (nSPS) is 21.7. The van der Waals surface area contributed by atoms with Crippen molar-refractivity contribution >= 4 is 28.8 Å². The number of Topliss-reactive ketones (excluding diaryl/α,β-unsaturated/α-hetero) is 1. The van der Waals surface area contributed by atoms with Gasteiger partial charge in [0.1, 0.15) is 11.3 Å². The number of fused-ring (bicyclic) bond motifs is 3. The van der Waals surface area contributed by atoms with Crippen LogP contribution in [0.15, 0.2) is 12.1 Å². The van der Waals surface area contributed by atoms with Gasteiger partial charge in [-0.2, -0.15) is 0 Å². The van der Waals surface area contributed by atoms with Gasteiger partial charge in [0.25, 0.3) is 5.91 Å². The fraction of sp³-hybridized carbons (Fsp3) is 0.600. The number of carbonyl (C=O) groups excluding carboxylic acids is 3. The molecule has 0 saturated carbocycles. The standard InChI is InChI=1S/C25H34N4O4/c1-23(2,3)33-22(32)29-11-10-14(12-29)26-21(31)16-9-8-15-18(28-16)17-19(27-15)20(30)25(6,7)13-24(17,4)5/h8-9,14,27H,10-13H2,1-7H3,(H,26,31). The minimum atomic E-state index is -0.558. The first-order valence-electron chi connectivity index (χ1n) is 11.5. The smallest absolute Gasteiger partial charge is 0.410 e. The summed E-state index contributed by atoms with van der Waals surface area (Å²) in [5.74, 6) is -0.211. The van der Waals surface area contributed by atoms with Gasteiger partial charge in [-0.15, -0.1) is 0 Å². The van der Waals surface area contributed by atoms with Crippen molar-refractivity contribution in [3.8, 4) is 0 Å². The molecule has 2 N–H and O–H groups in total. The Morgan fingerprint density at radius 3 is 2.55 bits per heavy atom. The van der Waals surface area contributed by atoms with Crippen LogP contribution in [0, 0.1) is 5.41 Å².